The Morgan fingerprint density at radius 1 is 0.970 bits per heavy atom. The molecule has 2 aromatic carbocycles. The summed E-state index contributed by atoms with van der Waals surface area (Å²) < 4.78 is 27.4. The van der Waals surface area contributed by atoms with Gasteiger partial charge in [0.15, 0.2) is 0 Å². The van der Waals surface area contributed by atoms with E-state index >= 15 is 0 Å². The number of carbonyl (C=O) groups excluding carboxylic acids is 1. The number of rotatable bonds is 9. The van der Waals surface area contributed by atoms with Gasteiger partial charge in [-0.3, -0.25) is 4.79 Å². The van der Waals surface area contributed by atoms with Crippen LogP contribution in [0.1, 0.15) is 57.1 Å². The van der Waals surface area contributed by atoms with Gasteiger partial charge in [0.05, 0.1) is 20.1 Å². The normalized spacial score (nSPS) is 9.94. The second-order valence-electron chi connectivity index (χ2n) is 6.72. The van der Waals surface area contributed by atoms with Gasteiger partial charge >= 0.3 is 5.97 Å². The Hall–Kier alpha value is -2.99. The molecule has 1 aromatic heterocycles. The van der Waals surface area contributed by atoms with Gasteiger partial charge in [0.25, 0.3) is 0 Å². The highest BCUT2D eigenvalue weighted by molar-refractivity contribution is 5.82. The summed E-state index contributed by atoms with van der Waals surface area (Å²) >= 11 is 0. The highest BCUT2D eigenvalue weighted by atomic mass is 16.5. The van der Waals surface area contributed by atoms with Crippen molar-refractivity contribution in [3.05, 3.63) is 58.8 Å². The number of benzene rings is 2. The van der Waals surface area contributed by atoms with Crippen LogP contribution < -0.4 is 9.47 Å². The third-order valence-electron chi connectivity index (χ3n) is 4.51. The van der Waals surface area contributed by atoms with E-state index in [9.17, 15) is 4.79 Å². The predicted molar refractivity (Wildman–Crippen MR) is 132 cm³/mol. The quantitative estimate of drug-likeness (QED) is 0.335. The summed E-state index contributed by atoms with van der Waals surface area (Å²) in [5, 5.41) is 1.01. The molecule has 0 spiro atoms. The zero-order chi connectivity index (χ0) is 24.8. The molecule has 0 saturated heterocycles. The Bertz CT molecular complexity index is 990. The second kappa shape index (κ2) is 15.0. The van der Waals surface area contributed by atoms with Gasteiger partial charge in [0, 0.05) is 24.1 Å². The van der Waals surface area contributed by atoms with E-state index in [-0.39, 0.29) is 12.4 Å². The smallest absolute Gasteiger partial charge is 0.310 e. The number of carbonyl (C=O) groups is 1. The van der Waals surface area contributed by atoms with E-state index in [1.165, 1.54) is 0 Å². The molecule has 0 aliphatic carbocycles. The van der Waals surface area contributed by atoms with Crippen LogP contribution in [-0.4, -0.2) is 26.8 Å². The van der Waals surface area contributed by atoms with E-state index in [0.29, 0.717) is 31.3 Å². The Kier molecular flexibility index (Phi) is 12.7. The summed E-state index contributed by atoms with van der Waals surface area (Å²) in [6.07, 6.45) is 0.146. The molecule has 0 N–H and O–H groups in total. The maximum atomic E-state index is 11.9. The number of hydrogen-bond donors (Lipinski definition) is 0. The van der Waals surface area contributed by atoms with Crippen LogP contribution in [0.2, 0.25) is 0 Å². The summed E-state index contributed by atoms with van der Waals surface area (Å²) in [5.74, 6) is 1.76. The molecule has 0 fully saturated rings. The van der Waals surface area contributed by atoms with Crippen molar-refractivity contribution in [3.8, 4) is 11.5 Å². The summed E-state index contributed by atoms with van der Waals surface area (Å²) in [7, 11) is 3.24. The van der Waals surface area contributed by atoms with Gasteiger partial charge < -0.3 is 23.4 Å². The molecule has 0 unspecified atom stereocenters. The van der Waals surface area contributed by atoms with Gasteiger partial charge in [0.1, 0.15) is 36.1 Å². The average Bonchev–Trinajstić information content (AvgIpc) is 3.24. The van der Waals surface area contributed by atoms with Crippen molar-refractivity contribution in [1.29, 1.82) is 0 Å². The third-order valence-corrected chi connectivity index (χ3v) is 4.51. The van der Waals surface area contributed by atoms with Crippen LogP contribution in [0.5, 0.6) is 11.5 Å². The van der Waals surface area contributed by atoms with E-state index in [1.807, 2.05) is 58.9 Å². The van der Waals surface area contributed by atoms with E-state index in [2.05, 4.69) is 0 Å². The summed E-state index contributed by atoms with van der Waals surface area (Å²) in [6.45, 7) is 12.9. The maximum Gasteiger partial charge on any atom is 0.310 e. The van der Waals surface area contributed by atoms with Crippen molar-refractivity contribution in [2.24, 2.45) is 0 Å². The van der Waals surface area contributed by atoms with Gasteiger partial charge in [-0.2, -0.15) is 0 Å². The Balaban J connectivity index is 0.00000129. The molecular weight excluding hydrogens is 420 g/mol. The molecule has 0 amide bonds. The van der Waals surface area contributed by atoms with Crippen LogP contribution in [-0.2, 0) is 33.9 Å². The summed E-state index contributed by atoms with van der Waals surface area (Å²) in [5.41, 5.74) is 3.64. The minimum atomic E-state index is -0.288. The molecule has 0 atom stereocenters. The predicted octanol–water partition coefficient (Wildman–Crippen LogP) is 6.63. The fourth-order valence-corrected chi connectivity index (χ4v) is 3.23. The van der Waals surface area contributed by atoms with Crippen LogP contribution in [0, 0.1) is 6.92 Å². The van der Waals surface area contributed by atoms with Crippen LogP contribution >= 0.6 is 0 Å². The number of ether oxygens (including phenoxy) is 4. The first-order chi connectivity index (χ1) is 16.0. The molecule has 3 aromatic rings. The van der Waals surface area contributed by atoms with Crippen LogP contribution in [0.15, 0.2) is 40.8 Å². The molecular formula is C27H38O6. The second-order valence-corrected chi connectivity index (χ2v) is 6.72. The molecule has 0 saturated carbocycles. The third kappa shape index (κ3) is 8.13. The highest BCUT2D eigenvalue weighted by Crippen LogP contribution is 2.29. The topological polar surface area (TPSA) is 67.1 Å². The first-order valence-electron chi connectivity index (χ1n) is 11.5. The number of fused-ring (bicyclic) bond motifs is 1. The molecule has 3 rings (SSSR count). The van der Waals surface area contributed by atoms with E-state index in [0.717, 1.165) is 33.4 Å². The molecule has 0 bridgehead atoms. The van der Waals surface area contributed by atoms with Gasteiger partial charge in [-0.05, 0) is 49.2 Å². The number of esters is 1. The molecule has 6 nitrogen and oxygen atoms in total. The molecule has 1 heterocycles. The van der Waals surface area contributed by atoms with Crippen LogP contribution in [0.25, 0.3) is 11.0 Å². The highest BCUT2D eigenvalue weighted by Gasteiger charge is 2.13. The fraction of sp³-hybridized carbons (Fsp3) is 0.444. The zero-order valence-electron chi connectivity index (χ0n) is 21.2. The molecule has 182 valence electrons. The standard InChI is InChI=1S/C23H26O6.2C2H6/c1-5-27-22(24)11-17-6-7-19(26-4)12-21(17)28-13-16-8-15(2)23-18(9-16)10-20(29-23)14-25-3;2*1-2/h6-10,12H,5,11,13-14H2,1-4H3;2*1-2H3. The number of hydrogen-bond acceptors (Lipinski definition) is 6. The largest absolute Gasteiger partial charge is 0.497 e. The van der Waals surface area contributed by atoms with E-state index < -0.39 is 0 Å². The van der Waals surface area contributed by atoms with Crippen molar-refractivity contribution in [3.63, 3.8) is 0 Å². The lowest BCUT2D eigenvalue weighted by Gasteiger charge is -2.13. The fourth-order valence-electron chi connectivity index (χ4n) is 3.23. The monoisotopic (exact) mass is 458 g/mol. The molecule has 33 heavy (non-hydrogen) atoms. The lowest BCUT2D eigenvalue weighted by molar-refractivity contribution is -0.142. The van der Waals surface area contributed by atoms with Gasteiger partial charge in [-0.25, -0.2) is 0 Å². The molecule has 6 heteroatoms. The van der Waals surface area contributed by atoms with Crippen molar-refractivity contribution in [2.45, 2.75) is 61.2 Å². The van der Waals surface area contributed by atoms with Crippen molar-refractivity contribution in [2.75, 3.05) is 20.8 Å². The number of methoxy groups -OCH3 is 2. The zero-order valence-corrected chi connectivity index (χ0v) is 21.2. The SMILES string of the molecule is CC.CC.CCOC(=O)Cc1ccc(OC)cc1OCc1cc(C)c2oc(COC)cc2c1. The number of aryl methyl sites for hydroxylation is 1. The van der Waals surface area contributed by atoms with Gasteiger partial charge in [0.2, 0.25) is 0 Å². The molecule has 0 aliphatic heterocycles. The van der Waals surface area contributed by atoms with E-state index in [4.69, 9.17) is 23.4 Å². The van der Waals surface area contributed by atoms with Gasteiger partial charge in [-0.15, -0.1) is 0 Å². The minimum absolute atomic E-state index is 0.146. The first kappa shape index (κ1) is 28.0. The lowest BCUT2D eigenvalue weighted by Crippen LogP contribution is -2.09. The summed E-state index contributed by atoms with van der Waals surface area (Å²) in [6, 6.07) is 11.5. The van der Waals surface area contributed by atoms with E-state index in [1.54, 1.807) is 33.3 Å². The maximum absolute atomic E-state index is 11.9. The van der Waals surface area contributed by atoms with Gasteiger partial charge in [-0.1, -0.05) is 33.8 Å². The first-order valence-corrected chi connectivity index (χ1v) is 11.5. The van der Waals surface area contributed by atoms with Crippen molar-refractivity contribution in [1.82, 2.24) is 0 Å². The Morgan fingerprint density at radius 3 is 2.33 bits per heavy atom. The Labute approximate surface area is 197 Å². The summed E-state index contributed by atoms with van der Waals surface area (Å²) in [4.78, 5) is 11.9. The minimum Gasteiger partial charge on any atom is -0.497 e. The van der Waals surface area contributed by atoms with Crippen LogP contribution in [0.3, 0.4) is 0 Å². The number of furan rings is 1. The molecule has 0 radical (unpaired) electrons. The average molecular weight is 459 g/mol. The van der Waals surface area contributed by atoms with Crippen molar-refractivity contribution >= 4 is 16.9 Å². The van der Waals surface area contributed by atoms with Crippen LogP contribution in [0.4, 0.5) is 0 Å². The lowest BCUT2D eigenvalue weighted by atomic mass is 10.1. The Morgan fingerprint density at radius 2 is 1.70 bits per heavy atom. The molecule has 0 aliphatic rings. The van der Waals surface area contributed by atoms with Crippen molar-refractivity contribution < 1.29 is 28.2 Å².